The summed E-state index contributed by atoms with van der Waals surface area (Å²) in [6.07, 6.45) is 2.11. The fourth-order valence-corrected chi connectivity index (χ4v) is 2.69. The average Bonchev–Trinajstić information content (AvgIpc) is 3.15. The van der Waals surface area contributed by atoms with Crippen LogP contribution in [0.1, 0.15) is 24.6 Å². The molecule has 3 rings (SSSR count). The van der Waals surface area contributed by atoms with E-state index >= 15 is 0 Å². The van der Waals surface area contributed by atoms with Gasteiger partial charge in [0.2, 0.25) is 17.7 Å². The molecule has 1 aromatic carbocycles. The van der Waals surface area contributed by atoms with Gasteiger partial charge in [0.05, 0.1) is 6.04 Å². The van der Waals surface area contributed by atoms with Crippen molar-refractivity contribution in [2.45, 2.75) is 32.2 Å². The lowest BCUT2D eigenvalue weighted by Gasteiger charge is -2.24. The third-order valence-electron chi connectivity index (χ3n) is 3.75. The minimum Gasteiger partial charge on any atom is -0.491 e. The second kappa shape index (κ2) is 6.60. The molecule has 0 saturated carbocycles. The molecule has 0 bridgehead atoms. The lowest BCUT2D eigenvalue weighted by molar-refractivity contribution is -0.132. The van der Waals surface area contributed by atoms with E-state index in [2.05, 4.69) is 10.2 Å². The highest BCUT2D eigenvalue weighted by Gasteiger charge is 2.30. The van der Waals surface area contributed by atoms with Crippen LogP contribution in [0.25, 0.3) is 0 Å². The largest absolute Gasteiger partial charge is 0.491 e. The summed E-state index contributed by atoms with van der Waals surface area (Å²) in [6.45, 7) is 2.99. The minimum absolute atomic E-state index is 0.0165. The third kappa shape index (κ3) is 3.44. The van der Waals surface area contributed by atoms with E-state index in [0.29, 0.717) is 18.4 Å². The number of carbonyl (C=O) groups excluding carboxylic acids is 1. The van der Waals surface area contributed by atoms with Crippen molar-refractivity contribution in [1.82, 2.24) is 15.1 Å². The summed E-state index contributed by atoms with van der Waals surface area (Å²) in [7, 11) is 0. The molecule has 0 radical (unpaired) electrons. The van der Waals surface area contributed by atoms with Gasteiger partial charge in [-0.05, 0) is 25.0 Å². The number of hydrogen-bond acceptors (Lipinski definition) is 5. The van der Waals surface area contributed by atoms with Crippen LogP contribution in [0.2, 0.25) is 0 Å². The smallest absolute Gasteiger partial charge is 0.232 e. The summed E-state index contributed by atoms with van der Waals surface area (Å²) in [4.78, 5) is 14.3. The number of nitrogens with zero attached hydrogens (tertiary/aromatic N) is 3. The fraction of sp³-hybridized carbons (Fsp3) is 0.438. The molecule has 22 heavy (non-hydrogen) atoms. The minimum atomic E-state index is 0.0165. The van der Waals surface area contributed by atoms with Crippen LogP contribution in [0, 0.1) is 6.92 Å². The predicted molar refractivity (Wildman–Crippen MR) is 79.4 cm³/mol. The van der Waals surface area contributed by atoms with Crippen LogP contribution in [0.15, 0.2) is 34.7 Å². The number of para-hydroxylation sites is 1. The van der Waals surface area contributed by atoms with Gasteiger partial charge < -0.3 is 14.1 Å². The molecule has 1 aliphatic rings. The van der Waals surface area contributed by atoms with E-state index in [4.69, 9.17) is 9.15 Å². The van der Waals surface area contributed by atoms with Gasteiger partial charge in [0.1, 0.15) is 18.8 Å². The molecule has 6 nitrogen and oxygen atoms in total. The van der Waals surface area contributed by atoms with E-state index in [1.807, 2.05) is 35.2 Å². The number of carbonyl (C=O) groups is 1. The quantitative estimate of drug-likeness (QED) is 0.845. The number of benzene rings is 1. The summed E-state index contributed by atoms with van der Waals surface area (Å²) < 4.78 is 11.1. The van der Waals surface area contributed by atoms with Crippen molar-refractivity contribution in [3.8, 4) is 5.75 Å². The van der Waals surface area contributed by atoms with Crippen molar-refractivity contribution >= 4 is 5.91 Å². The van der Waals surface area contributed by atoms with Crippen LogP contribution in [-0.2, 0) is 11.2 Å². The van der Waals surface area contributed by atoms with Crippen molar-refractivity contribution in [2.75, 3.05) is 13.2 Å². The van der Waals surface area contributed by atoms with E-state index in [0.717, 1.165) is 25.1 Å². The Kier molecular flexibility index (Phi) is 4.37. The first-order valence-corrected chi connectivity index (χ1v) is 7.48. The Balaban J connectivity index is 1.56. The molecular formula is C16H19N3O3. The van der Waals surface area contributed by atoms with Gasteiger partial charge in [-0.15, -0.1) is 10.2 Å². The summed E-state index contributed by atoms with van der Waals surface area (Å²) >= 11 is 0. The summed E-state index contributed by atoms with van der Waals surface area (Å²) in [6, 6.07) is 9.77. The molecule has 0 N–H and O–H groups in total. The van der Waals surface area contributed by atoms with Gasteiger partial charge in [0.25, 0.3) is 0 Å². The number of rotatable bonds is 5. The first-order chi connectivity index (χ1) is 10.7. The van der Waals surface area contributed by atoms with E-state index < -0.39 is 0 Å². The molecule has 2 aromatic rings. The highest BCUT2D eigenvalue weighted by atomic mass is 16.5. The Bertz CT molecular complexity index is 627. The van der Waals surface area contributed by atoms with Gasteiger partial charge in [0, 0.05) is 13.5 Å². The van der Waals surface area contributed by atoms with Crippen molar-refractivity contribution in [3.63, 3.8) is 0 Å². The Morgan fingerprint density at radius 2 is 2.18 bits per heavy atom. The molecule has 0 unspecified atom stereocenters. The highest BCUT2D eigenvalue weighted by molar-refractivity contribution is 5.78. The van der Waals surface area contributed by atoms with Crippen LogP contribution < -0.4 is 4.74 Å². The molecule has 0 aliphatic carbocycles. The molecule has 1 saturated heterocycles. The monoisotopic (exact) mass is 301 g/mol. The van der Waals surface area contributed by atoms with Gasteiger partial charge in [-0.1, -0.05) is 18.2 Å². The summed E-state index contributed by atoms with van der Waals surface area (Å²) in [5.74, 6) is 1.70. The van der Waals surface area contributed by atoms with Crippen LogP contribution in [0.4, 0.5) is 0 Å². The highest BCUT2D eigenvalue weighted by Crippen LogP contribution is 2.20. The Morgan fingerprint density at radius 1 is 1.36 bits per heavy atom. The van der Waals surface area contributed by atoms with Crippen molar-refractivity contribution in [2.24, 2.45) is 0 Å². The molecule has 2 heterocycles. The molecule has 1 aromatic heterocycles. The number of aryl methyl sites for hydroxylation is 1. The first-order valence-electron chi connectivity index (χ1n) is 7.48. The molecule has 0 spiro atoms. The predicted octanol–water partition coefficient (Wildman–Crippen LogP) is 1.99. The van der Waals surface area contributed by atoms with Crippen molar-refractivity contribution in [3.05, 3.63) is 42.1 Å². The number of ether oxygens (including phenoxy) is 1. The van der Waals surface area contributed by atoms with E-state index in [-0.39, 0.29) is 18.4 Å². The third-order valence-corrected chi connectivity index (χ3v) is 3.75. The van der Waals surface area contributed by atoms with Crippen molar-refractivity contribution in [1.29, 1.82) is 0 Å². The summed E-state index contributed by atoms with van der Waals surface area (Å²) in [5, 5.41) is 7.63. The van der Waals surface area contributed by atoms with Crippen LogP contribution in [0.5, 0.6) is 5.75 Å². The Morgan fingerprint density at radius 3 is 2.91 bits per heavy atom. The zero-order valence-electron chi connectivity index (χ0n) is 12.6. The van der Waals surface area contributed by atoms with Crippen molar-refractivity contribution < 1.29 is 13.9 Å². The number of amides is 1. The standard InChI is InChI=1S/C16H19N3O3/c1-12-17-18-15(22-12)10-16(20)19-9-5-6-13(19)11-21-14-7-3-2-4-8-14/h2-4,7-8,13H,5-6,9-11H2,1H3/t13-/m0/s1. The first kappa shape index (κ1) is 14.6. The molecule has 1 aliphatic heterocycles. The molecule has 116 valence electrons. The maximum absolute atomic E-state index is 12.4. The zero-order valence-corrected chi connectivity index (χ0v) is 12.6. The number of likely N-dealkylation sites (tertiary alicyclic amines) is 1. The Hall–Kier alpha value is -2.37. The average molecular weight is 301 g/mol. The van der Waals surface area contributed by atoms with E-state index in [9.17, 15) is 4.79 Å². The molecule has 1 fully saturated rings. The zero-order chi connectivity index (χ0) is 15.4. The van der Waals surface area contributed by atoms with E-state index in [1.54, 1.807) is 6.92 Å². The molecule has 1 amide bonds. The molecule has 1 atom stereocenters. The lowest BCUT2D eigenvalue weighted by Crippen LogP contribution is -2.39. The van der Waals surface area contributed by atoms with Crippen LogP contribution >= 0.6 is 0 Å². The second-order valence-corrected chi connectivity index (χ2v) is 5.40. The maximum atomic E-state index is 12.4. The normalized spacial score (nSPS) is 17.7. The van der Waals surface area contributed by atoms with E-state index in [1.165, 1.54) is 0 Å². The van der Waals surface area contributed by atoms with Crippen LogP contribution in [0.3, 0.4) is 0 Å². The maximum Gasteiger partial charge on any atom is 0.232 e. The lowest BCUT2D eigenvalue weighted by atomic mass is 10.2. The van der Waals surface area contributed by atoms with Gasteiger partial charge in [-0.2, -0.15) is 0 Å². The molecular weight excluding hydrogens is 282 g/mol. The second-order valence-electron chi connectivity index (χ2n) is 5.40. The van der Waals surface area contributed by atoms with Gasteiger partial charge in [-0.25, -0.2) is 0 Å². The summed E-state index contributed by atoms with van der Waals surface area (Å²) in [5.41, 5.74) is 0. The number of aromatic nitrogens is 2. The van der Waals surface area contributed by atoms with Gasteiger partial charge >= 0.3 is 0 Å². The number of hydrogen-bond donors (Lipinski definition) is 0. The Labute approximate surface area is 129 Å². The van der Waals surface area contributed by atoms with Crippen LogP contribution in [-0.4, -0.2) is 40.2 Å². The molecule has 6 heteroatoms. The van der Waals surface area contributed by atoms with Gasteiger partial charge in [-0.3, -0.25) is 4.79 Å². The fourth-order valence-electron chi connectivity index (χ4n) is 2.69. The topological polar surface area (TPSA) is 68.5 Å². The van der Waals surface area contributed by atoms with Gasteiger partial charge in [0.15, 0.2) is 0 Å². The SMILES string of the molecule is Cc1nnc(CC(=O)N2CCC[C@H]2COc2ccccc2)o1.